The van der Waals surface area contributed by atoms with E-state index in [1.807, 2.05) is 6.92 Å². The highest BCUT2D eigenvalue weighted by Gasteiger charge is 2.17. The van der Waals surface area contributed by atoms with Crippen molar-refractivity contribution in [2.75, 3.05) is 0 Å². The van der Waals surface area contributed by atoms with Crippen molar-refractivity contribution >= 4 is 27.7 Å². The molecule has 1 aromatic carbocycles. The molecule has 0 aliphatic rings. The summed E-state index contributed by atoms with van der Waals surface area (Å²) in [4.78, 5) is 11.9. The van der Waals surface area contributed by atoms with Gasteiger partial charge in [0.15, 0.2) is 5.84 Å². The highest BCUT2D eigenvalue weighted by Crippen LogP contribution is 2.16. The summed E-state index contributed by atoms with van der Waals surface area (Å²) in [6.07, 6.45) is 1.27. The van der Waals surface area contributed by atoms with Gasteiger partial charge < -0.3 is 16.3 Å². The van der Waals surface area contributed by atoms with Gasteiger partial charge in [-0.2, -0.15) is 0 Å². The Labute approximate surface area is 118 Å². The van der Waals surface area contributed by atoms with Crippen LogP contribution >= 0.6 is 15.9 Å². The minimum atomic E-state index is -0.575. The summed E-state index contributed by atoms with van der Waals surface area (Å²) in [5.41, 5.74) is 5.66. The molecular formula is C12H15BrFN3O2. The van der Waals surface area contributed by atoms with Crippen LogP contribution in [0.5, 0.6) is 0 Å². The highest BCUT2D eigenvalue weighted by atomic mass is 79.9. The SMILES string of the molecule is CCCC(NC(=O)c1ccc(Br)c(F)c1)C(N)=NO. The van der Waals surface area contributed by atoms with Crippen LogP contribution in [0.25, 0.3) is 0 Å². The smallest absolute Gasteiger partial charge is 0.251 e. The minimum absolute atomic E-state index is 0.0761. The van der Waals surface area contributed by atoms with E-state index in [9.17, 15) is 9.18 Å². The number of nitrogens with two attached hydrogens (primary N) is 1. The van der Waals surface area contributed by atoms with E-state index in [1.165, 1.54) is 12.1 Å². The molecule has 1 atom stereocenters. The molecule has 7 heteroatoms. The Morgan fingerprint density at radius 3 is 2.84 bits per heavy atom. The first-order valence-corrected chi connectivity index (χ1v) is 6.52. The first kappa shape index (κ1) is 15.4. The molecule has 1 unspecified atom stereocenters. The molecule has 0 aromatic heterocycles. The fourth-order valence-electron chi connectivity index (χ4n) is 1.53. The lowest BCUT2D eigenvalue weighted by atomic mass is 10.1. The van der Waals surface area contributed by atoms with Crippen molar-refractivity contribution in [1.82, 2.24) is 5.32 Å². The normalized spacial score (nSPS) is 13.1. The third-order valence-corrected chi connectivity index (χ3v) is 3.18. The molecule has 0 spiro atoms. The van der Waals surface area contributed by atoms with E-state index in [1.54, 1.807) is 0 Å². The predicted molar refractivity (Wildman–Crippen MR) is 73.7 cm³/mol. The molecule has 19 heavy (non-hydrogen) atoms. The molecule has 0 fully saturated rings. The van der Waals surface area contributed by atoms with Gasteiger partial charge in [-0.3, -0.25) is 4.79 Å². The number of carbonyl (C=O) groups excluding carboxylic acids is 1. The van der Waals surface area contributed by atoms with E-state index in [0.717, 1.165) is 12.5 Å². The summed E-state index contributed by atoms with van der Waals surface area (Å²) in [6.45, 7) is 1.91. The molecule has 0 saturated carbocycles. The van der Waals surface area contributed by atoms with Crippen LogP contribution in [0, 0.1) is 5.82 Å². The molecule has 0 heterocycles. The first-order valence-electron chi connectivity index (χ1n) is 5.73. The van der Waals surface area contributed by atoms with Gasteiger partial charge in [-0.25, -0.2) is 4.39 Å². The number of halogens is 2. The molecule has 1 amide bonds. The monoisotopic (exact) mass is 331 g/mol. The standard InChI is InChI=1S/C12H15BrFN3O2/c1-2-3-10(11(15)17-19)16-12(18)7-4-5-8(13)9(14)6-7/h4-6,10,19H,2-3H2,1H3,(H2,15,17)(H,16,18). The lowest BCUT2D eigenvalue weighted by molar-refractivity contribution is 0.0944. The van der Waals surface area contributed by atoms with E-state index >= 15 is 0 Å². The topological polar surface area (TPSA) is 87.7 Å². The number of oxime groups is 1. The van der Waals surface area contributed by atoms with Gasteiger partial charge >= 0.3 is 0 Å². The van der Waals surface area contributed by atoms with Crippen LogP contribution in [0.2, 0.25) is 0 Å². The van der Waals surface area contributed by atoms with Crippen molar-refractivity contribution in [2.24, 2.45) is 10.9 Å². The van der Waals surface area contributed by atoms with Gasteiger partial charge in [-0.05, 0) is 40.5 Å². The Morgan fingerprint density at radius 2 is 2.32 bits per heavy atom. The van der Waals surface area contributed by atoms with Crippen molar-refractivity contribution < 1.29 is 14.4 Å². The van der Waals surface area contributed by atoms with E-state index in [2.05, 4.69) is 26.4 Å². The number of benzene rings is 1. The fraction of sp³-hybridized carbons (Fsp3) is 0.333. The predicted octanol–water partition coefficient (Wildman–Crippen LogP) is 2.23. The van der Waals surface area contributed by atoms with Gasteiger partial charge in [0.25, 0.3) is 5.91 Å². The van der Waals surface area contributed by atoms with Crippen molar-refractivity contribution in [3.05, 3.63) is 34.1 Å². The number of nitrogens with one attached hydrogen (secondary N) is 1. The molecular weight excluding hydrogens is 317 g/mol. The number of nitrogens with zero attached hydrogens (tertiary/aromatic N) is 1. The molecule has 0 saturated heterocycles. The van der Waals surface area contributed by atoms with Crippen LogP contribution in [0.4, 0.5) is 4.39 Å². The molecule has 0 aliphatic heterocycles. The number of amides is 1. The molecule has 1 aromatic rings. The Morgan fingerprint density at radius 1 is 1.63 bits per heavy atom. The van der Waals surface area contributed by atoms with Gasteiger partial charge in [0.05, 0.1) is 10.5 Å². The minimum Gasteiger partial charge on any atom is -0.409 e. The maximum absolute atomic E-state index is 13.3. The van der Waals surface area contributed by atoms with Crippen LogP contribution < -0.4 is 11.1 Å². The van der Waals surface area contributed by atoms with Crippen LogP contribution in [-0.2, 0) is 0 Å². The quantitative estimate of drug-likeness (QED) is 0.334. The maximum Gasteiger partial charge on any atom is 0.251 e. The summed E-state index contributed by atoms with van der Waals surface area (Å²) in [5, 5.41) is 14.1. The summed E-state index contributed by atoms with van der Waals surface area (Å²) >= 11 is 3.01. The number of amidine groups is 1. The lowest BCUT2D eigenvalue weighted by Crippen LogP contribution is -2.44. The van der Waals surface area contributed by atoms with E-state index in [-0.39, 0.29) is 15.9 Å². The third-order valence-electron chi connectivity index (χ3n) is 2.54. The van der Waals surface area contributed by atoms with Crippen LogP contribution in [0.15, 0.2) is 27.8 Å². The molecule has 104 valence electrons. The Kier molecular flexibility index (Phi) is 5.75. The Bertz CT molecular complexity index is 494. The second-order valence-corrected chi connectivity index (χ2v) is 4.82. The lowest BCUT2D eigenvalue weighted by Gasteiger charge is -2.16. The second kappa shape index (κ2) is 7.08. The molecule has 0 aliphatic carbocycles. The average molecular weight is 332 g/mol. The van der Waals surface area contributed by atoms with Crippen molar-refractivity contribution in [1.29, 1.82) is 0 Å². The number of hydrogen-bond donors (Lipinski definition) is 3. The van der Waals surface area contributed by atoms with Crippen LogP contribution in [-0.4, -0.2) is 23.0 Å². The van der Waals surface area contributed by atoms with Gasteiger partial charge in [-0.1, -0.05) is 18.5 Å². The molecule has 5 nitrogen and oxygen atoms in total. The van der Waals surface area contributed by atoms with Gasteiger partial charge in [0, 0.05) is 5.56 Å². The zero-order valence-electron chi connectivity index (χ0n) is 10.4. The van der Waals surface area contributed by atoms with Gasteiger partial charge in [0.1, 0.15) is 5.82 Å². The molecule has 0 bridgehead atoms. The average Bonchev–Trinajstić information content (AvgIpc) is 2.40. The first-order chi connectivity index (χ1) is 8.99. The molecule has 4 N–H and O–H groups in total. The summed E-state index contributed by atoms with van der Waals surface area (Å²) < 4.78 is 13.6. The summed E-state index contributed by atoms with van der Waals surface area (Å²) in [7, 11) is 0. The highest BCUT2D eigenvalue weighted by molar-refractivity contribution is 9.10. The zero-order chi connectivity index (χ0) is 14.4. The molecule has 0 radical (unpaired) electrons. The second-order valence-electron chi connectivity index (χ2n) is 3.97. The van der Waals surface area contributed by atoms with E-state index in [0.29, 0.717) is 6.42 Å². The number of hydrogen-bond acceptors (Lipinski definition) is 3. The molecule has 1 rings (SSSR count). The van der Waals surface area contributed by atoms with Crippen LogP contribution in [0.1, 0.15) is 30.1 Å². The third kappa shape index (κ3) is 4.20. The Balaban J connectivity index is 2.84. The maximum atomic E-state index is 13.3. The van der Waals surface area contributed by atoms with Crippen molar-refractivity contribution in [3.63, 3.8) is 0 Å². The number of rotatable bonds is 5. The fourth-order valence-corrected chi connectivity index (χ4v) is 1.78. The van der Waals surface area contributed by atoms with Gasteiger partial charge in [-0.15, -0.1) is 0 Å². The van der Waals surface area contributed by atoms with E-state index < -0.39 is 17.8 Å². The van der Waals surface area contributed by atoms with Crippen LogP contribution in [0.3, 0.4) is 0 Å². The number of carbonyl (C=O) groups is 1. The zero-order valence-corrected chi connectivity index (χ0v) is 11.9. The summed E-state index contributed by atoms with van der Waals surface area (Å²) in [6, 6.07) is 3.48. The van der Waals surface area contributed by atoms with Crippen molar-refractivity contribution in [2.45, 2.75) is 25.8 Å². The largest absolute Gasteiger partial charge is 0.409 e. The van der Waals surface area contributed by atoms with Gasteiger partial charge in [0.2, 0.25) is 0 Å². The summed E-state index contributed by atoms with van der Waals surface area (Å²) in [5.74, 6) is -1.08. The Hall–Kier alpha value is -1.63. The van der Waals surface area contributed by atoms with E-state index in [4.69, 9.17) is 10.9 Å². The van der Waals surface area contributed by atoms with Crippen molar-refractivity contribution in [3.8, 4) is 0 Å².